The highest BCUT2D eigenvalue weighted by Crippen LogP contribution is 2.22. The highest BCUT2D eigenvalue weighted by molar-refractivity contribution is 6.31. The third-order valence-corrected chi connectivity index (χ3v) is 5.89. The molecule has 0 spiro atoms. The molecule has 3 heterocycles. The summed E-state index contributed by atoms with van der Waals surface area (Å²) in [6.07, 6.45) is 0.605. The first-order chi connectivity index (χ1) is 14.0. The summed E-state index contributed by atoms with van der Waals surface area (Å²) in [7, 11) is 0. The molecular weight excluding hydrogens is 396 g/mol. The van der Waals surface area contributed by atoms with Gasteiger partial charge < -0.3 is 9.64 Å². The molecule has 1 aromatic rings. The molecule has 8 nitrogen and oxygen atoms in total. The van der Waals surface area contributed by atoms with Gasteiger partial charge in [-0.2, -0.15) is 0 Å². The van der Waals surface area contributed by atoms with E-state index in [2.05, 4.69) is 4.90 Å². The number of ether oxygens (including phenoxy) is 1. The predicted molar refractivity (Wildman–Crippen MR) is 106 cm³/mol. The molecule has 0 atom stereocenters. The van der Waals surface area contributed by atoms with Gasteiger partial charge in [-0.1, -0.05) is 17.7 Å². The zero-order valence-corrected chi connectivity index (χ0v) is 17.1. The number of piperazine rings is 1. The van der Waals surface area contributed by atoms with Crippen LogP contribution in [0.25, 0.3) is 0 Å². The highest BCUT2D eigenvalue weighted by Gasteiger charge is 2.35. The molecule has 0 aliphatic carbocycles. The van der Waals surface area contributed by atoms with Crippen molar-refractivity contribution in [3.05, 3.63) is 34.3 Å². The number of carbonyl (C=O) groups excluding carboxylic acids is 3. The Hall–Kier alpha value is -2.00. The minimum absolute atomic E-state index is 0.0160. The quantitative estimate of drug-likeness (QED) is 0.676. The second-order valence-electron chi connectivity index (χ2n) is 7.54. The van der Waals surface area contributed by atoms with Crippen LogP contribution >= 0.6 is 11.6 Å². The van der Waals surface area contributed by atoms with E-state index in [1.807, 2.05) is 17.1 Å². The van der Waals surface area contributed by atoms with Gasteiger partial charge in [0.05, 0.1) is 13.2 Å². The lowest BCUT2D eigenvalue weighted by atomic mass is 10.0. The van der Waals surface area contributed by atoms with Gasteiger partial charge in [0.15, 0.2) is 0 Å². The molecule has 0 radical (unpaired) electrons. The number of hydrogen-bond donors (Lipinski definition) is 0. The van der Waals surface area contributed by atoms with Gasteiger partial charge >= 0.3 is 0 Å². The number of amides is 3. The lowest BCUT2D eigenvalue weighted by Gasteiger charge is -2.38. The molecular formula is C20H25ClN4O4. The van der Waals surface area contributed by atoms with Crippen molar-refractivity contribution in [2.24, 2.45) is 0 Å². The maximum atomic E-state index is 13.0. The fraction of sp³-hybridized carbons (Fsp3) is 0.550. The van der Waals surface area contributed by atoms with Crippen molar-refractivity contribution in [1.82, 2.24) is 19.8 Å². The number of morpholine rings is 1. The van der Waals surface area contributed by atoms with Gasteiger partial charge in [-0.25, -0.2) is 10.0 Å². The Morgan fingerprint density at radius 2 is 1.62 bits per heavy atom. The topological polar surface area (TPSA) is 73.4 Å². The lowest BCUT2D eigenvalue weighted by Crippen LogP contribution is -2.55. The Bertz CT molecular complexity index is 788. The molecule has 0 bridgehead atoms. The van der Waals surface area contributed by atoms with Crippen LogP contribution in [0.4, 0.5) is 0 Å². The first-order valence-electron chi connectivity index (χ1n) is 10.0. The molecule has 9 heteroatoms. The van der Waals surface area contributed by atoms with E-state index < -0.39 is 0 Å². The second kappa shape index (κ2) is 8.79. The zero-order valence-electron chi connectivity index (χ0n) is 16.3. The fourth-order valence-electron chi connectivity index (χ4n) is 4.04. The molecule has 3 aliphatic rings. The van der Waals surface area contributed by atoms with Crippen molar-refractivity contribution >= 4 is 29.3 Å². The minimum atomic E-state index is -0.112. The number of rotatable bonds is 4. The van der Waals surface area contributed by atoms with E-state index in [-0.39, 0.29) is 17.7 Å². The first kappa shape index (κ1) is 20.3. The fourth-order valence-corrected chi connectivity index (χ4v) is 4.21. The van der Waals surface area contributed by atoms with Crippen molar-refractivity contribution in [3.63, 3.8) is 0 Å². The minimum Gasteiger partial charge on any atom is -0.378 e. The second-order valence-corrected chi connectivity index (χ2v) is 7.97. The van der Waals surface area contributed by atoms with Crippen molar-refractivity contribution in [2.75, 3.05) is 52.5 Å². The van der Waals surface area contributed by atoms with E-state index in [1.54, 1.807) is 11.0 Å². The SMILES string of the molecule is O=C(c1cc(Cl)ccc1CN1CCN(N2C(=O)CCC2=O)CC1)N1CCOCC1. The molecule has 29 heavy (non-hydrogen) atoms. The number of halogens is 1. The van der Waals surface area contributed by atoms with Crippen LogP contribution in [-0.2, 0) is 20.9 Å². The lowest BCUT2D eigenvalue weighted by molar-refractivity contribution is -0.160. The molecule has 0 N–H and O–H groups in total. The molecule has 3 fully saturated rings. The Morgan fingerprint density at radius 1 is 0.966 bits per heavy atom. The third-order valence-electron chi connectivity index (χ3n) is 5.65. The number of hydrazine groups is 1. The molecule has 4 rings (SSSR count). The van der Waals surface area contributed by atoms with Crippen LogP contribution in [0.5, 0.6) is 0 Å². The summed E-state index contributed by atoms with van der Waals surface area (Å²) in [5, 5.41) is 3.70. The predicted octanol–water partition coefficient (Wildman–Crippen LogP) is 0.994. The largest absolute Gasteiger partial charge is 0.378 e. The normalized spacial score (nSPS) is 21.8. The Morgan fingerprint density at radius 3 is 2.28 bits per heavy atom. The van der Waals surface area contributed by atoms with Gasteiger partial charge in [0, 0.05) is 69.2 Å². The van der Waals surface area contributed by atoms with Gasteiger partial charge in [-0.3, -0.25) is 19.3 Å². The summed E-state index contributed by atoms with van der Waals surface area (Å²) in [5.74, 6) is -0.239. The monoisotopic (exact) mass is 420 g/mol. The first-order valence-corrected chi connectivity index (χ1v) is 10.4. The molecule has 3 amide bonds. The smallest absolute Gasteiger partial charge is 0.254 e. The molecule has 0 saturated carbocycles. The molecule has 3 saturated heterocycles. The summed E-state index contributed by atoms with van der Waals surface area (Å²) in [6.45, 7) is 5.54. The van der Waals surface area contributed by atoms with Crippen LogP contribution in [0.2, 0.25) is 5.02 Å². The molecule has 156 valence electrons. The van der Waals surface area contributed by atoms with Crippen LogP contribution in [-0.4, -0.2) is 90.0 Å². The van der Waals surface area contributed by atoms with Crippen molar-refractivity contribution in [3.8, 4) is 0 Å². The van der Waals surface area contributed by atoms with Crippen molar-refractivity contribution in [1.29, 1.82) is 0 Å². The molecule has 1 aromatic carbocycles. The van der Waals surface area contributed by atoms with Crippen molar-refractivity contribution in [2.45, 2.75) is 19.4 Å². The van der Waals surface area contributed by atoms with Gasteiger partial charge in [0.1, 0.15) is 0 Å². The van der Waals surface area contributed by atoms with Crippen molar-refractivity contribution < 1.29 is 19.1 Å². The average Bonchev–Trinajstić information content (AvgIpc) is 3.08. The van der Waals surface area contributed by atoms with Crippen LogP contribution in [0, 0.1) is 0 Å². The summed E-state index contributed by atoms with van der Waals surface area (Å²) in [5.41, 5.74) is 1.57. The summed E-state index contributed by atoms with van der Waals surface area (Å²) >= 11 is 6.18. The van der Waals surface area contributed by atoms with E-state index in [0.29, 0.717) is 82.5 Å². The molecule has 3 aliphatic heterocycles. The van der Waals surface area contributed by atoms with Crippen LogP contribution in [0.15, 0.2) is 18.2 Å². The standard InChI is InChI=1S/C20H25ClN4O4/c21-16-2-1-15(17(13-16)20(28)23-9-11-29-12-10-23)14-22-5-7-24(8-6-22)25-18(26)3-4-19(25)27/h1-2,13H,3-12,14H2. The third kappa shape index (κ3) is 4.45. The van der Waals surface area contributed by atoms with Gasteiger partial charge in [-0.05, 0) is 17.7 Å². The van der Waals surface area contributed by atoms with E-state index in [9.17, 15) is 14.4 Å². The van der Waals surface area contributed by atoms with Gasteiger partial charge in [0.2, 0.25) is 11.8 Å². The van der Waals surface area contributed by atoms with Crippen LogP contribution in [0.3, 0.4) is 0 Å². The number of hydrogen-bond acceptors (Lipinski definition) is 6. The number of nitrogens with zero attached hydrogens (tertiary/aromatic N) is 4. The number of benzene rings is 1. The van der Waals surface area contributed by atoms with E-state index in [1.165, 1.54) is 5.01 Å². The zero-order chi connectivity index (χ0) is 20.4. The van der Waals surface area contributed by atoms with Gasteiger partial charge in [-0.15, -0.1) is 0 Å². The Balaban J connectivity index is 1.41. The summed E-state index contributed by atoms with van der Waals surface area (Å²) in [6, 6.07) is 5.47. The number of imide groups is 1. The summed E-state index contributed by atoms with van der Waals surface area (Å²) in [4.78, 5) is 40.9. The van der Waals surface area contributed by atoms with Gasteiger partial charge in [0.25, 0.3) is 5.91 Å². The Labute approximate surface area is 174 Å². The molecule has 0 unspecified atom stereocenters. The number of carbonyl (C=O) groups is 3. The molecule has 0 aromatic heterocycles. The van der Waals surface area contributed by atoms with Crippen LogP contribution < -0.4 is 0 Å². The van der Waals surface area contributed by atoms with E-state index >= 15 is 0 Å². The maximum absolute atomic E-state index is 13.0. The van der Waals surface area contributed by atoms with E-state index in [4.69, 9.17) is 16.3 Å². The van der Waals surface area contributed by atoms with Crippen LogP contribution in [0.1, 0.15) is 28.8 Å². The Kier molecular flexibility index (Phi) is 6.15. The van der Waals surface area contributed by atoms with E-state index in [0.717, 1.165) is 5.56 Å². The maximum Gasteiger partial charge on any atom is 0.254 e. The summed E-state index contributed by atoms with van der Waals surface area (Å²) < 4.78 is 5.34. The highest BCUT2D eigenvalue weighted by atomic mass is 35.5. The average molecular weight is 421 g/mol.